The highest BCUT2D eigenvalue weighted by atomic mass is 35.5. The number of halogens is 1. The second-order valence-electron chi connectivity index (χ2n) is 2.82. The molecule has 0 heterocycles. The molecule has 0 amide bonds. The van der Waals surface area contributed by atoms with E-state index in [1.807, 2.05) is 42.5 Å². The lowest BCUT2D eigenvalue weighted by molar-refractivity contribution is -0.104. The molecule has 0 N–H and O–H groups in total. The van der Waals surface area contributed by atoms with E-state index >= 15 is 0 Å². The monoisotopic (exact) mass is 218 g/mol. The van der Waals surface area contributed by atoms with E-state index < -0.39 is 0 Å². The fraction of sp³-hybridized carbons (Fsp3) is 0. The van der Waals surface area contributed by atoms with Crippen LogP contribution in [0.4, 0.5) is 0 Å². The van der Waals surface area contributed by atoms with Gasteiger partial charge in [0, 0.05) is 5.02 Å². The Bertz CT molecular complexity index is 386. The molecule has 1 aromatic carbocycles. The number of hydrogen-bond donors (Lipinski definition) is 0. The topological polar surface area (TPSA) is 17.1 Å². The van der Waals surface area contributed by atoms with Crippen molar-refractivity contribution in [2.75, 3.05) is 0 Å². The summed E-state index contributed by atoms with van der Waals surface area (Å²) in [6, 6.07) is 7.57. The number of benzene rings is 1. The van der Waals surface area contributed by atoms with Gasteiger partial charge < -0.3 is 0 Å². The van der Waals surface area contributed by atoms with E-state index in [4.69, 9.17) is 11.6 Å². The lowest BCUT2D eigenvalue weighted by atomic mass is 10.2. The predicted molar refractivity (Wildman–Crippen MR) is 64.8 cm³/mol. The van der Waals surface area contributed by atoms with E-state index in [9.17, 15) is 4.79 Å². The number of allylic oxidation sites excluding steroid dienone is 5. The van der Waals surface area contributed by atoms with Crippen LogP contribution in [0.5, 0.6) is 0 Å². The van der Waals surface area contributed by atoms with E-state index in [1.165, 1.54) is 6.08 Å². The molecule has 0 unspecified atom stereocenters. The molecular formula is C13H11ClO. The van der Waals surface area contributed by atoms with Gasteiger partial charge in [-0.15, -0.1) is 0 Å². The summed E-state index contributed by atoms with van der Waals surface area (Å²) in [5.41, 5.74) is 1.09. The summed E-state index contributed by atoms with van der Waals surface area (Å²) >= 11 is 5.75. The fourth-order valence-electron chi connectivity index (χ4n) is 0.978. The highest BCUT2D eigenvalue weighted by Crippen LogP contribution is 2.10. The van der Waals surface area contributed by atoms with Gasteiger partial charge in [0.05, 0.1) is 0 Å². The molecule has 0 radical (unpaired) electrons. The molecule has 0 spiro atoms. The average Bonchev–Trinajstić information content (AvgIpc) is 2.26. The minimum absolute atomic E-state index is 0.733. The Balaban J connectivity index is 2.51. The maximum absolute atomic E-state index is 9.94. The molecule has 15 heavy (non-hydrogen) atoms. The highest BCUT2D eigenvalue weighted by Gasteiger charge is 1.85. The SMILES string of the molecule is O=CC=CC=CC=Cc1ccc(Cl)cc1. The van der Waals surface area contributed by atoms with Crippen molar-refractivity contribution >= 4 is 24.0 Å². The third-order valence-corrected chi connectivity index (χ3v) is 1.93. The summed E-state index contributed by atoms with van der Waals surface area (Å²) in [4.78, 5) is 9.94. The maximum Gasteiger partial charge on any atom is 0.142 e. The molecule has 1 nitrogen and oxygen atoms in total. The smallest absolute Gasteiger partial charge is 0.142 e. The van der Waals surface area contributed by atoms with Gasteiger partial charge in [-0.05, 0) is 23.8 Å². The van der Waals surface area contributed by atoms with E-state index in [0.29, 0.717) is 0 Å². The highest BCUT2D eigenvalue weighted by molar-refractivity contribution is 6.30. The number of carbonyl (C=O) groups is 1. The summed E-state index contributed by atoms with van der Waals surface area (Å²) in [5.74, 6) is 0. The maximum atomic E-state index is 9.94. The first-order valence-electron chi connectivity index (χ1n) is 4.53. The minimum atomic E-state index is 0.733. The normalized spacial score (nSPS) is 11.8. The van der Waals surface area contributed by atoms with Crippen LogP contribution in [0.1, 0.15) is 5.56 Å². The molecule has 0 aliphatic heterocycles. The largest absolute Gasteiger partial charge is 0.299 e. The first kappa shape index (κ1) is 11.5. The Morgan fingerprint density at radius 2 is 1.47 bits per heavy atom. The molecule has 0 aliphatic rings. The third-order valence-electron chi connectivity index (χ3n) is 1.68. The molecule has 0 aromatic heterocycles. The van der Waals surface area contributed by atoms with E-state index in [-0.39, 0.29) is 0 Å². The number of carbonyl (C=O) groups excluding carboxylic acids is 1. The summed E-state index contributed by atoms with van der Waals surface area (Å²) in [6.45, 7) is 0. The van der Waals surface area contributed by atoms with Crippen molar-refractivity contribution in [2.45, 2.75) is 0 Å². The zero-order valence-electron chi connectivity index (χ0n) is 8.14. The first-order chi connectivity index (χ1) is 7.33. The van der Waals surface area contributed by atoms with Gasteiger partial charge in [-0.2, -0.15) is 0 Å². The zero-order chi connectivity index (χ0) is 10.9. The molecule has 0 saturated carbocycles. The molecule has 1 rings (SSSR count). The molecule has 1 aromatic rings. The second kappa shape index (κ2) is 6.80. The first-order valence-corrected chi connectivity index (χ1v) is 4.91. The van der Waals surface area contributed by atoms with Crippen molar-refractivity contribution in [3.05, 3.63) is 65.2 Å². The van der Waals surface area contributed by atoms with Gasteiger partial charge in [0.15, 0.2) is 0 Å². The minimum Gasteiger partial charge on any atom is -0.299 e. The van der Waals surface area contributed by atoms with Gasteiger partial charge in [0.25, 0.3) is 0 Å². The van der Waals surface area contributed by atoms with Crippen LogP contribution in [0.2, 0.25) is 5.02 Å². The van der Waals surface area contributed by atoms with Crippen LogP contribution in [-0.4, -0.2) is 6.29 Å². The Morgan fingerprint density at radius 1 is 0.867 bits per heavy atom. The van der Waals surface area contributed by atoms with Gasteiger partial charge in [-0.25, -0.2) is 0 Å². The standard InChI is InChI=1S/C13H11ClO/c14-13-9-7-12(8-10-13)6-4-2-1-3-5-11-15/h1-11H. The lowest BCUT2D eigenvalue weighted by Gasteiger charge is -1.91. The molecule has 0 bridgehead atoms. The Hall–Kier alpha value is -1.60. The fourth-order valence-corrected chi connectivity index (χ4v) is 1.10. The van der Waals surface area contributed by atoms with Crippen molar-refractivity contribution in [2.24, 2.45) is 0 Å². The Labute approximate surface area is 94.4 Å². The van der Waals surface area contributed by atoms with Crippen LogP contribution in [-0.2, 0) is 4.79 Å². The molecule has 2 heteroatoms. The van der Waals surface area contributed by atoms with Crippen LogP contribution in [0.3, 0.4) is 0 Å². The predicted octanol–water partition coefficient (Wildman–Crippen LogP) is 3.66. The lowest BCUT2D eigenvalue weighted by Crippen LogP contribution is -1.69. The van der Waals surface area contributed by atoms with Crippen LogP contribution in [0.25, 0.3) is 6.08 Å². The van der Waals surface area contributed by atoms with Crippen molar-refractivity contribution in [1.29, 1.82) is 0 Å². The number of aldehydes is 1. The van der Waals surface area contributed by atoms with Crippen molar-refractivity contribution in [1.82, 2.24) is 0 Å². The van der Waals surface area contributed by atoms with Gasteiger partial charge in [0.2, 0.25) is 0 Å². The van der Waals surface area contributed by atoms with Gasteiger partial charge in [-0.3, -0.25) is 4.79 Å². The third kappa shape index (κ3) is 4.99. The van der Waals surface area contributed by atoms with Gasteiger partial charge in [-0.1, -0.05) is 54.1 Å². The van der Waals surface area contributed by atoms with Crippen LogP contribution < -0.4 is 0 Å². The quantitative estimate of drug-likeness (QED) is 0.428. The molecule has 76 valence electrons. The van der Waals surface area contributed by atoms with Gasteiger partial charge >= 0.3 is 0 Å². The molecule has 0 atom stereocenters. The van der Waals surface area contributed by atoms with Crippen LogP contribution in [0, 0.1) is 0 Å². The van der Waals surface area contributed by atoms with Crippen molar-refractivity contribution in [3.8, 4) is 0 Å². The van der Waals surface area contributed by atoms with E-state index in [0.717, 1.165) is 16.9 Å². The molecular weight excluding hydrogens is 208 g/mol. The summed E-state index contributed by atoms with van der Waals surface area (Å²) in [6.07, 6.45) is 11.4. The van der Waals surface area contributed by atoms with Crippen LogP contribution >= 0.6 is 11.6 Å². The summed E-state index contributed by atoms with van der Waals surface area (Å²) < 4.78 is 0. The number of rotatable bonds is 4. The molecule has 0 fully saturated rings. The molecule has 0 saturated heterocycles. The van der Waals surface area contributed by atoms with Gasteiger partial charge in [0.1, 0.15) is 6.29 Å². The van der Waals surface area contributed by atoms with E-state index in [2.05, 4.69) is 0 Å². The Morgan fingerprint density at radius 3 is 2.13 bits per heavy atom. The average molecular weight is 219 g/mol. The Kier molecular flexibility index (Phi) is 5.20. The van der Waals surface area contributed by atoms with Crippen LogP contribution in [0.15, 0.2) is 54.6 Å². The van der Waals surface area contributed by atoms with Crippen molar-refractivity contribution in [3.63, 3.8) is 0 Å². The summed E-state index contributed by atoms with van der Waals surface area (Å²) in [5, 5.41) is 0.733. The van der Waals surface area contributed by atoms with E-state index in [1.54, 1.807) is 12.2 Å². The summed E-state index contributed by atoms with van der Waals surface area (Å²) in [7, 11) is 0. The van der Waals surface area contributed by atoms with Crippen molar-refractivity contribution < 1.29 is 4.79 Å². The molecule has 0 aliphatic carbocycles. The second-order valence-corrected chi connectivity index (χ2v) is 3.25. The zero-order valence-corrected chi connectivity index (χ0v) is 8.89. The number of hydrogen-bond acceptors (Lipinski definition) is 1.